The second-order valence-corrected chi connectivity index (χ2v) is 5.48. The smallest absolute Gasteiger partial charge is 0.0486 e. The predicted octanol–water partition coefficient (Wildman–Crippen LogP) is 5.30. The number of fused-ring (bicyclic) bond motifs is 1. The molecule has 18 heavy (non-hydrogen) atoms. The van der Waals surface area contributed by atoms with E-state index >= 15 is 0 Å². The first kappa shape index (κ1) is 13.2. The minimum atomic E-state index is 1.21. The van der Waals surface area contributed by atoms with Gasteiger partial charge in [-0.1, -0.05) is 44.2 Å². The van der Waals surface area contributed by atoms with Crippen LogP contribution in [0.15, 0.2) is 18.3 Å². The van der Waals surface area contributed by atoms with E-state index in [4.69, 9.17) is 0 Å². The van der Waals surface area contributed by atoms with Crippen LogP contribution in [0.1, 0.15) is 55.7 Å². The zero-order valence-electron chi connectivity index (χ0n) is 12.0. The van der Waals surface area contributed by atoms with Crippen molar-refractivity contribution in [2.45, 2.75) is 59.3 Å². The lowest BCUT2D eigenvalue weighted by Gasteiger charge is -2.03. The van der Waals surface area contributed by atoms with E-state index in [1.54, 1.807) is 0 Å². The van der Waals surface area contributed by atoms with Gasteiger partial charge in [0.15, 0.2) is 0 Å². The molecule has 1 heterocycles. The van der Waals surface area contributed by atoms with Crippen molar-refractivity contribution in [2.75, 3.05) is 0 Å². The molecule has 0 unspecified atom stereocenters. The van der Waals surface area contributed by atoms with Gasteiger partial charge in [0, 0.05) is 17.1 Å². The molecule has 2 rings (SSSR count). The highest BCUT2D eigenvalue weighted by atomic mass is 14.7. The molecule has 0 aliphatic carbocycles. The number of rotatable bonds is 6. The van der Waals surface area contributed by atoms with Gasteiger partial charge in [0.05, 0.1) is 0 Å². The third-order valence-corrected chi connectivity index (χ3v) is 3.77. The summed E-state index contributed by atoms with van der Waals surface area (Å²) < 4.78 is 0. The van der Waals surface area contributed by atoms with Crippen LogP contribution >= 0.6 is 0 Å². The third kappa shape index (κ3) is 2.95. The van der Waals surface area contributed by atoms with Crippen LogP contribution in [0.5, 0.6) is 0 Å². The molecule has 0 fully saturated rings. The molecule has 2 aromatic rings. The number of aryl methyl sites for hydroxylation is 3. The molecule has 1 heteroatoms. The number of aromatic nitrogens is 1. The summed E-state index contributed by atoms with van der Waals surface area (Å²) >= 11 is 0. The van der Waals surface area contributed by atoms with Gasteiger partial charge < -0.3 is 4.98 Å². The predicted molar refractivity (Wildman–Crippen MR) is 80.2 cm³/mol. The highest BCUT2D eigenvalue weighted by Crippen LogP contribution is 2.24. The van der Waals surface area contributed by atoms with Crippen LogP contribution in [0.25, 0.3) is 10.9 Å². The lowest BCUT2D eigenvalue weighted by molar-refractivity contribution is 0.633. The first-order valence-electron chi connectivity index (χ1n) is 7.29. The summed E-state index contributed by atoms with van der Waals surface area (Å²) in [4.78, 5) is 3.44. The molecular weight excluding hydrogens is 218 g/mol. The van der Waals surface area contributed by atoms with E-state index in [0.29, 0.717) is 0 Å². The number of aromatic amines is 1. The second kappa shape index (κ2) is 6.08. The van der Waals surface area contributed by atoms with Crippen LogP contribution in [-0.2, 0) is 6.42 Å². The van der Waals surface area contributed by atoms with Crippen LogP contribution in [0.4, 0.5) is 0 Å². The number of H-pyrrole nitrogens is 1. The SMILES string of the molecule is CCCCCCCc1c[nH]c2c(C)cc(C)cc12. The molecule has 1 N–H and O–H groups in total. The van der Waals surface area contributed by atoms with Crippen LogP contribution in [0, 0.1) is 13.8 Å². The summed E-state index contributed by atoms with van der Waals surface area (Å²) in [5.41, 5.74) is 5.55. The maximum atomic E-state index is 3.44. The Kier molecular flexibility index (Phi) is 4.46. The van der Waals surface area contributed by atoms with E-state index in [-0.39, 0.29) is 0 Å². The van der Waals surface area contributed by atoms with E-state index in [9.17, 15) is 0 Å². The van der Waals surface area contributed by atoms with E-state index < -0.39 is 0 Å². The Bertz CT molecular complexity index is 508. The van der Waals surface area contributed by atoms with Crippen LogP contribution < -0.4 is 0 Å². The Hall–Kier alpha value is -1.24. The molecule has 0 amide bonds. The number of unbranched alkanes of at least 4 members (excludes halogenated alkanes) is 4. The van der Waals surface area contributed by atoms with Crippen molar-refractivity contribution in [3.05, 3.63) is 35.0 Å². The summed E-state index contributed by atoms with van der Waals surface area (Å²) in [5, 5.41) is 1.43. The zero-order chi connectivity index (χ0) is 13.0. The van der Waals surface area contributed by atoms with Crippen LogP contribution in [-0.4, -0.2) is 4.98 Å². The summed E-state index contributed by atoms with van der Waals surface area (Å²) in [6.07, 6.45) is 10.2. The van der Waals surface area contributed by atoms with Gasteiger partial charge in [0.1, 0.15) is 0 Å². The van der Waals surface area contributed by atoms with Gasteiger partial charge in [0.2, 0.25) is 0 Å². The summed E-state index contributed by atoms with van der Waals surface area (Å²) in [6, 6.07) is 4.57. The Morgan fingerprint density at radius 2 is 1.78 bits per heavy atom. The van der Waals surface area contributed by atoms with Crippen molar-refractivity contribution in [2.24, 2.45) is 0 Å². The highest BCUT2D eigenvalue weighted by Gasteiger charge is 2.06. The Labute approximate surface area is 111 Å². The normalized spacial score (nSPS) is 11.3. The van der Waals surface area contributed by atoms with Gasteiger partial charge in [-0.3, -0.25) is 0 Å². The van der Waals surface area contributed by atoms with Crippen molar-refractivity contribution in [1.82, 2.24) is 4.98 Å². The van der Waals surface area contributed by atoms with E-state index in [1.165, 1.54) is 66.1 Å². The molecule has 0 aliphatic rings. The largest absolute Gasteiger partial charge is 0.361 e. The van der Waals surface area contributed by atoms with Crippen molar-refractivity contribution in [1.29, 1.82) is 0 Å². The van der Waals surface area contributed by atoms with Crippen molar-refractivity contribution < 1.29 is 0 Å². The summed E-state index contributed by atoms with van der Waals surface area (Å²) in [5.74, 6) is 0. The highest BCUT2D eigenvalue weighted by molar-refractivity contribution is 5.86. The quantitative estimate of drug-likeness (QED) is 0.663. The lowest BCUT2D eigenvalue weighted by atomic mass is 10.0. The molecule has 1 aromatic heterocycles. The molecule has 0 radical (unpaired) electrons. The second-order valence-electron chi connectivity index (χ2n) is 5.48. The minimum Gasteiger partial charge on any atom is -0.361 e. The van der Waals surface area contributed by atoms with Crippen molar-refractivity contribution >= 4 is 10.9 Å². The van der Waals surface area contributed by atoms with Crippen molar-refractivity contribution in [3.63, 3.8) is 0 Å². The lowest BCUT2D eigenvalue weighted by Crippen LogP contribution is -1.86. The monoisotopic (exact) mass is 243 g/mol. The number of benzene rings is 1. The van der Waals surface area contributed by atoms with Gasteiger partial charge in [-0.25, -0.2) is 0 Å². The molecular formula is C17H25N. The number of nitrogens with one attached hydrogen (secondary N) is 1. The van der Waals surface area contributed by atoms with Gasteiger partial charge in [-0.15, -0.1) is 0 Å². The Morgan fingerprint density at radius 1 is 1.00 bits per heavy atom. The molecule has 0 atom stereocenters. The van der Waals surface area contributed by atoms with E-state index in [2.05, 4.69) is 44.1 Å². The van der Waals surface area contributed by atoms with Gasteiger partial charge in [0.25, 0.3) is 0 Å². The Balaban J connectivity index is 2.05. The van der Waals surface area contributed by atoms with Gasteiger partial charge in [-0.2, -0.15) is 0 Å². The minimum absolute atomic E-state index is 1.21. The standard InChI is InChI=1S/C17H25N/c1-4-5-6-7-8-9-15-12-18-17-14(3)10-13(2)11-16(15)17/h10-12,18H,4-9H2,1-3H3. The average molecular weight is 243 g/mol. The van der Waals surface area contributed by atoms with E-state index in [0.717, 1.165) is 0 Å². The third-order valence-electron chi connectivity index (χ3n) is 3.77. The first-order chi connectivity index (χ1) is 8.72. The number of hydrogen-bond donors (Lipinski definition) is 1. The van der Waals surface area contributed by atoms with E-state index in [1.807, 2.05) is 0 Å². The molecule has 1 aromatic carbocycles. The maximum absolute atomic E-state index is 3.44. The summed E-state index contributed by atoms with van der Waals surface area (Å²) in [7, 11) is 0. The molecule has 0 bridgehead atoms. The fourth-order valence-electron chi connectivity index (χ4n) is 2.78. The molecule has 98 valence electrons. The molecule has 0 aliphatic heterocycles. The van der Waals surface area contributed by atoms with Crippen LogP contribution in [0.3, 0.4) is 0 Å². The topological polar surface area (TPSA) is 15.8 Å². The Morgan fingerprint density at radius 3 is 2.56 bits per heavy atom. The van der Waals surface area contributed by atoms with Crippen molar-refractivity contribution in [3.8, 4) is 0 Å². The molecule has 1 nitrogen and oxygen atoms in total. The van der Waals surface area contributed by atoms with Crippen LogP contribution in [0.2, 0.25) is 0 Å². The molecule has 0 saturated carbocycles. The first-order valence-corrected chi connectivity index (χ1v) is 7.29. The van der Waals surface area contributed by atoms with Gasteiger partial charge in [-0.05, 0) is 43.9 Å². The fourth-order valence-corrected chi connectivity index (χ4v) is 2.78. The average Bonchev–Trinajstić information content (AvgIpc) is 2.72. The summed E-state index contributed by atoms with van der Waals surface area (Å²) in [6.45, 7) is 6.65. The zero-order valence-corrected chi connectivity index (χ0v) is 12.0. The molecule has 0 saturated heterocycles. The maximum Gasteiger partial charge on any atom is 0.0486 e. The molecule has 0 spiro atoms. The van der Waals surface area contributed by atoms with Gasteiger partial charge >= 0.3 is 0 Å². The fraction of sp³-hybridized carbons (Fsp3) is 0.529. The number of hydrogen-bond acceptors (Lipinski definition) is 0.